The summed E-state index contributed by atoms with van der Waals surface area (Å²) in [6.07, 6.45) is 0.838. The summed E-state index contributed by atoms with van der Waals surface area (Å²) in [4.78, 5) is 11.0. The lowest BCUT2D eigenvalue weighted by atomic mass is 10.1. The van der Waals surface area contributed by atoms with Crippen LogP contribution in [-0.4, -0.2) is 16.1 Å². The first-order valence-corrected chi connectivity index (χ1v) is 9.00. The molecule has 0 aliphatic carbocycles. The van der Waals surface area contributed by atoms with Gasteiger partial charge in [0.25, 0.3) is 0 Å². The fourth-order valence-electron chi connectivity index (χ4n) is 2.96. The van der Waals surface area contributed by atoms with E-state index in [1.807, 2.05) is 41.1 Å². The Morgan fingerprint density at radius 2 is 1.48 bits per heavy atom. The topological polar surface area (TPSA) is 34.9 Å². The first kappa shape index (κ1) is 17.3. The molecule has 4 aromatic rings. The number of nitrogens with zero attached hydrogens (tertiary/aromatic N) is 2. The van der Waals surface area contributed by atoms with E-state index in [9.17, 15) is 4.79 Å². The number of benzene rings is 3. The highest BCUT2D eigenvalue weighted by atomic mass is 35.5. The normalized spacial score (nSPS) is 10.7. The summed E-state index contributed by atoms with van der Waals surface area (Å²) in [6, 6.07) is 25.5. The second kappa shape index (κ2) is 7.22. The van der Waals surface area contributed by atoms with Crippen molar-refractivity contribution in [2.75, 3.05) is 0 Å². The van der Waals surface area contributed by atoms with Gasteiger partial charge in [-0.1, -0.05) is 53.6 Å². The predicted octanol–water partition coefficient (Wildman–Crippen LogP) is 5.98. The van der Waals surface area contributed by atoms with E-state index in [0.717, 1.165) is 34.5 Å². The maximum atomic E-state index is 11.0. The van der Waals surface area contributed by atoms with Crippen LogP contribution in [-0.2, 0) is 0 Å². The fourth-order valence-corrected chi connectivity index (χ4v) is 3.09. The average Bonchev–Trinajstić information content (AvgIpc) is 3.14. The van der Waals surface area contributed by atoms with E-state index in [4.69, 9.17) is 16.7 Å². The molecule has 4 rings (SSSR count). The molecule has 0 saturated heterocycles. The third-order valence-corrected chi connectivity index (χ3v) is 4.72. The Bertz CT molecular complexity index is 1080. The molecule has 0 aliphatic rings. The molecule has 4 heteroatoms. The minimum atomic E-state index is 0.637. The molecule has 1 heterocycles. The molecule has 0 unspecified atom stereocenters. The Morgan fingerprint density at radius 3 is 2.11 bits per heavy atom. The minimum absolute atomic E-state index is 0.637. The van der Waals surface area contributed by atoms with Gasteiger partial charge in [0.1, 0.15) is 6.29 Å². The van der Waals surface area contributed by atoms with E-state index in [1.54, 1.807) is 12.1 Å². The summed E-state index contributed by atoms with van der Waals surface area (Å²) >= 11 is 6.05. The van der Waals surface area contributed by atoms with Crippen LogP contribution in [0.3, 0.4) is 0 Å². The van der Waals surface area contributed by atoms with E-state index in [1.165, 1.54) is 5.56 Å². The van der Waals surface area contributed by atoms with Crippen LogP contribution in [0.5, 0.6) is 0 Å². The molecule has 0 saturated carbocycles. The van der Waals surface area contributed by atoms with Gasteiger partial charge in [-0.15, -0.1) is 0 Å². The third kappa shape index (κ3) is 3.55. The molecule has 0 bridgehead atoms. The Morgan fingerprint density at radius 1 is 0.852 bits per heavy atom. The van der Waals surface area contributed by atoms with Crippen LogP contribution in [0.15, 0.2) is 78.9 Å². The van der Waals surface area contributed by atoms with Gasteiger partial charge in [0.15, 0.2) is 0 Å². The first-order chi connectivity index (χ1) is 13.1. The smallest absolute Gasteiger partial charge is 0.150 e. The monoisotopic (exact) mass is 372 g/mol. The number of aryl methyl sites for hydroxylation is 1. The molecule has 0 spiro atoms. The number of carbonyl (C=O) groups is 1. The van der Waals surface area contributed by atoms with E-state index >= 15 is 0 Å². The van der Waals surface area contributed by atoms with Crippen LogP contribution in [0, 0.1) is 6.92 Å². The zero-order chi connectivity index (χ0) is 18.8. The van der Waals surface area contributed by atoms with Crippen molar-refractivity contribution in [2.24, 2.45) is 0 Å². The second-order valence-corrected chi connectivity index (χ2v) is 6.85. The summed E-state index contributed by atoms with van der Waals surface area (Å²) < 4.78 is 1.90. The number of aromatic nitrogens is 2. The van der Waals surface area contributed by atoms with Crippen molar-refractivity contribution in [2.45, 2.75) is 6.92 Å². The molecule has 0 amide bonds. The van der Waals surface area contributed by atoms with Gasteiger partial charge in [0.2, 0.25) is 0 Å². The van der Waals surface area contributed by atoms with Gasteiger partial charge in [0, 0.05) is 21.7 Å². The van der Waals surface area contributed by atoms with Crippen LogP contribution < -0.4 is 0 Å². The van der Waals surface area contributed by atoms with Crippen LogP contribution >= 0.6 is 11.6 Å². The van der Waals surface area contributed by atoms with Gasteiger partial charge in [-0.05, 0) is 49.4 Å². The van der Waals surface area contributed by atoms with Crippen molar-refractivity contribution in [1.29, 1.82) is 0 Å². The van der Waals surface area contributed by atoms with Gasteiger partial charge in [-0.2, -0.15) is 5.10 Å². The van der Waals surface area contributed by atoms with Gasteiger partial charge < -0.3 is 0 Å². The molecule has 3 aromatic carbocycles. The number of hydrogen-bond acceptors (Lipinski definition) is 2. The largest absolute Gasteiger partial charge is 0.298 e. The first-order valence-electron chi connectivity index (χ1n) is 8.63. The summed E-state index contributed by atoms with van der Waals surface area (Å²) in [5.74, 6) is 0. The van der Waals surface area contributed by atoms with Crippen LogP contribution in [0.2, 0.25) is 5.02 Å². The Hall–Kier alpha value is -3.17. The van der Waals surface area contributed by atoms with Crippen LogP contribution in [0.4, 0.5) is 0 Å². The van der Waals surface area contributed by atoms with Gasteiger partial charge in [-0.3, -0.25) is 4.79 Å². The number of hydrogen-bond donors (Lipinski definition) is 0. The maximum Gasteiger partial charge on any atom is 0.150 e. The summed E-state index contributed by atoms with van der Waals surface area (Å²) in [6.45, 7) is 2.07. The molecular weight excluding hydrogens is 356 g/mol. The average molecular weight is 373 g/mol. The Balaban J connectivity index is 1.87. The predicted molar refractivity (Wildman–Crippen MR) is 110 cm³/mol. The van der Waals surface area contributed by atoms with Crippen LogP contribution in [0.25, 0.3) is 28.2 Å². The highest BCUT2D eigenvalue weighted by Crippen LogP contribution is 2.29. The molecule has 0 fully saturated rings. The number of carbonyl (C=O) groups excluding carboxylic acids is 1. The summed E-state index contributed by atoms with van der Waals surface area (Å²) in [5.41, 5.74) is 6.66. The highest BCUT2D eigenvalue weighted by molar-refractivity contribution is 6.30. The molecule has 0 radical (unpaired) electrons. The zero-order valence-corrected chi connectivity index (χ0v) is 15.5. The Kier molecular flexibility index (Phi) is 4.61. The van der Waals surface area contributed by atoms with Crippen molar-refractivity contribution < 1.29 is 4.79 Å². The molecule has 0 aliphatic heterocycles. The highest BCUT2D eigenvalue weighted by Gasteiger charge is 2.13. The number of halogens is 1. The van der Waals surface area contributed by atoms with Gasteiger partial charge in [0.05, 0.1) is 17.1 Å². The molecule has 27 heavy (non-hydrogen) atoms. The second-order valence-electron chi connectivity index (χ2n) is 6.41. The fraction of sp³-hybridized carbons (Fsp3) is 0.0435. The lowest BCUT2D eigenvalue weighted by molar-refractivity contribution is 0.112. The Labute approximate surface area is 162 Å². The van der Waals surface area contributed by atoms with E-state index < -0.39 is 0 Å². The molecule has 132 valence electrons. The van der Waals surface area contributed by atoms with Crippen LogP contribution in [0.1, 0.15) is 15.9 Å². The SMILES string of the molecule is Cc1ccc(-c2cc(-c3ccc(Cl)cc3)n(-c3ccc(C=O)cc3)n2)cc1. The third-order valence-electron chi connectivity index (χ3n) is 4.47. The van der Waals surface area contributed by atoms with Crippen molar-refractivity contribution >= 4 is 17.9 Å². The molecule has 0 atom stereocenters. The lowest BCUT2D eigenvalue weighted by Gasteiger charge is -2.08. The molecular formula is C23H17ClN2O. The van der Waals surface area contributed by atoms with Gasteiger partial charge >= 0.3 is 0 Å². The molecule has 0 N–H and O–H groups in total. The van der Waals surface area contributed by atoms with E-state index in [2.05, 4.69) is 37.3 Å². The van der Waals surface area contributed by atoms with E-state index in [-0.39, 0.29) is 0 Å². The standard InChI is InChI=1S/C23H17ClN2O/c1-16-2-6-18(7-3-16)22-14-23(19-8-10-20(24)11-9-19)26(25-22)21-12-4-17(15-27)5-13-21/h2-15H,1H3. The minimum Gasteiger partial charge on any atom is -0.298 e. The van der Waals surface area contributed by atoms with E-state index in [0.29, 0.717) is 10.6 Å². The van der Waals surface area contributed by atoms with Crippen molar-refractivity contribution in [3.63, 3.8) is 0 Å². The van der Waals surface area contributed by atoms with Crippen molar-refractivity contribution in [3.8, 4) is 28.2 Å². The van der Waals surface area contributed by atoms with Gasteiger partial charge in [-0.25, -0.2) is 4.68 Å². The zero-order valence-electron chi connectivity index (χ0n) is 14.8. The summed E-state index contributed by atoms with van der Waals surface area (Å²) in [7, 11) is 0. The number of rotatable bonds is 4. The maximum absolute atomic E-state index is 11.0. The van der Waals surface area contributed by atoms with Crippen molar-refractivity contribution in [1.82, 2.24) is 9.78 Å². The summed E-state index contributed by atoms with van der Waals surface area (Å²) in [5, 5.41) is 5.52. The molecule has 3 nitrogen and oxygen atoms in total. The van der Waals surface area contributed by atoms with Crippen molar-refractivity contribution in [3.05, 3.63) is 95.0 Å². The number of aldehydes is 1. The molecule has 1 aromatic heterocycles. The quantitative estimate of drug-likeness (QED) is 0.413. The lowest BCUT2D eigenvalue weighted by Crippen LogP contribution is -1.99.